The van der Waals surface area contributed by atoms with Gasteiger partial charge in [0.15, 0.2) is 0 Å². The number of carbonyl (C=O) groups excluding carboxylic acids is 1. The van der Waals surface area contributed by atoms with Crippen molar-refractivity contribution in [3.8, 4) is 11.3 Å². The van der Waals surface area contributed by atoms with Gasteiger partial charge in [-0.1, -0.05) is 30.3 Å². The van der Waals surface area contributed by atoms with Crippen molar-refractivity contribution in [2.75, 3.05) is 18.0 Å². The maximum absolute atomic E-state index is 11.8. The summed E-state index contributed by atoms with van der Waals surface area (Å²) in [5, 5.41) is 5.86. The molecule has 1 unspecified atom stereocenters. The summed E-state index contributed by atoms with van der Waals surface area (Å²) in [7, 11) is 0. The second-order valence-corrected chi connectivity index (χ2v) is 6.31. The molecular formula is C18H23N5O. The fourth-order valence-electron chi connectivity index (χ4n) is 2.82. The Morgan fingerprint density at radius 1 is 1.25 bits per heavy atom. The number of hydrogen-bond acceptors (Lipinski definition) is 4. The lowest BCUT2D eigenvalue weighted by Gasteiger charge is -2.18. The highest BCUT2D eigenvalue weighted by Crippen LogP contribution is 2.21. The molecule has 1 aromatic heterocycles. The molecule has 1 aliphatic heterocycles. The maximum Gasteiger partial charge on any atom is 0.315 e. The molecule has 2 N–H and O–H groups in total. The first-order chi connectivity index (χ1) is 11.6. The van der Waals surface area contributed by atoms with Gasteiger partial charge in [-0.15, -0.1) is 0 Å². The Balaban J connectivity index is 1.65. The average molecular weight is 325 g/mol. The first-order valence-electron chi connectivity index (χ1n) is 8.32. The lowest BCUT2D eigenvalue weighted by molar-refractivity contribution is 0.235. The molecule has 1 atom stereocenters. The molecule has 6 heteroatoms. The van der Waals surface area contributed by atoms with Gasteiger partial charge in [0.1, 0.15) is 0 Å². The number of rotatable bonds is 4. The third kappa shape index (κ3) is 4.01. The van der Waals surface area contributed by atoms with Crippen molar-refractivity contribution in [2.24, 2.45) is 0 Å². The van der Waals surface area contributed by atoms with E-state index >= 15 is 0 Å². The van der Waals surface area contributed by atoms with Crippen molar-refractivity contribution < 1.29 is 4.79 Å². The zero-order chi connectivity index (χ0) is 16.9. The number of nitrogens with one attached hydrogen (secondary N) is 2. The number of anilines is 1. The van der Waals surface area contributed by atoms with Gasteiger partial charge in [-0.3, -0.25) is 0 Å². The average Bonchev–Trinajstić information content (AvgIpc) is 3.03. The molecule has 6 nitrogen and oxygen atoms in total. The van der Waals surface area contributed by atoms with Crippen molar-refractivity contribution >= 4 is 12.0 Å². The van der Waals surface area contributed by atoms with E-state index in [1.165, 1.54) is 0 Å². The summed E-state index contributed by atoms with van der Waals surface area (Å²) in [5.74, 6) is 0.713. The Bertz CT molecular complexity index is 689. The van der Waals surface area contributed by atoms with E-state index in [1.807, 2.05) is 50.2 Å². The number of hydrogen-bond donors (Lipinski definition) is 2. The summed E-state index contributed by atoms with van der Waals surface area (Å²) in [6.45, 7) is 5.46. The van der Waals surface area contributed by atoms with Crippen LogP contribution in [-0.2, 0) is 0 Å². The highest BCUT2D eigenvalue weighted by Gasteiger charge is 2.25. The molecular weight excluding hydrogens is 302 g/mol. The van der Waals surface area contributed by atoms with E-state index in [9.17, 15) is 4.79 Å². The topological polar surface area (TPSA) is 70.2 Å². The Labute approximate surface area is 142 Å². The first kappa shape index (κ1) is 16.2. The molecule has 2 aromatic rings. The lowest BCUT2D eigenvalue weighted by Crippen LogP contribution is -2.45. The van der Waals surface area contributed by atoms with Crippen LogP contribution >= 0.6 is 0 Å². The molecule has 2 heterocycles. The molecule has 3 rings (SSSR count). The largest absolute Gasteiger partial charge is 0.339 e. The highest BCUT2D eigenvalue weighted by atomic mass is 16.2. The monoisotopic (exact) mass is 325 g/mol. The van der Waals surface area contributed by atoms with Gasteiger partial charge in [0.2, 0.25) is 5.95 Å². The summed E-state index contributed by atoms with van der Waals surface area (Å²) >= 11 is 0. The summed E-state index contributed by atoms with van der Waals surface area (Å²) in [6, 6.07) is 12.1. The fraction of sp³-hybridized carbons (Fsp3) is 0.389. The molecule has 1 aliphatic rings. The molecule has 0 saturated carbocycles. The van der Waals surface area contributed by atoms with Crippen LogP contribution < -0.4 is 15.5 Å². The standard InChI is InChI=1S/C18H23N5O/c1-13(2)20-18(24)21-15-9-11-23(12-15)17-19-10-8-16(22-17)14-6-4-3-5-7-14/h3-8,10,13,15H,9,11-12H2,1-2H3,(H2,20,21,24). The molecule has 0 bridgehead atoms. The van der Waals surface area contributed by atoms with Gasteiger partial charge in [-0.05, 0) is 26.3 Å². The number of benzene rings is 1. The van der Waals surface area contributed by atoms with Crippen molar-refractivity contribution in [3.05, 3.63) is 42.6 Å². The maximum atomic E-state index is 11.8. The van der Waals surface area contributed by atoms with Crippen molar-refractivity contribution in [1.29, 1.82) is 0 Å². The summed E-state index contributed by atoms with van der Waals surface area (Å²) in [6.07, 6.45) is 2.68. The van der Waals surface area contributed by atoms with E-state index in [0.29, 0.717) is 5.95 Å². The van der Waals surface area contributed by atoms with Gasteiger partial charge in [0.05, 0.1) is 5.69 Å². The summed E-state index contributed by atoms with van der Waals surface area (Å²) in [5.41, 5.74) is 1.99. The number of urea groups is 1. The smallest absolute Gasteiger partial charge is 0.315 e. The predicted octanol–water partition coefficient (Wildman–Crippen LogP) is 2.43. The van der Waals surface area contributed by atoms with E-state index < -0.39 is 0 Å². The van der Waals surface area contributed by atoms with Gasteiger partial charge >= 0.3 is 6.03 Å². The normalized spacial score (nSPS) is 17.1. The molecule has 24 heavy (non-hydrogen) atoms. The van der Waals surface area contributed by atoms with Crippen LogP contribution in [0.1, 0.15) is 20.3 Å². The summed E-state index contributed by atoms with van der Waals surface area (Å²) < 4.78 is 0. The minimum atomic E-state index is -0.115. The van der Waals surface area contributed by atoms with E-state index in [-0.39, 0.29) is 18.1 Å². The Morgan fingerprint density at radius 2 is 2.04 bits per heavy atom. The van der Waals surface area contributed by atoms with Crippen LogP contribution in [0.15, 0.2) is 42.6 Å². The Kier molecular flexibility index (Phi) is 4.93. The quantitative estimate of drug-likeness (QED) is 0.906. The Hall–Kier alpha value is -2.63. The summed E-state index contributed by atoms with van der Waals surface area (Å²) in [4.78, 5) is 23.0. The van der Waals surface area contributed by atoms with E-state index in [0.717, 1.165) is 30.8 Å². The molecule has 126 valence electrons. The number of nitrogens with zero attached hydrogens (tertiary/aromatic N) is 3. The third-order valence-electron chi connectivity index (χ3n) is 3.94. The molecule has 1 saturated heterocycles. The molecule has 0 spiro atoms. The molecule has 1 fully saturated rings. The molecule has 2 amide bonds. The molecule has 0 radical (unpaired) electrons. The van der Waals surface area contributed by atoms with Gasteiger partial charge in [0, 0.05) is 36.9 Å². The van der Waals surface area contributed by atoms with Crippen molar-refractivity contribution in [1.82, 2.24) is 20.6 Å². The van der Waals surface area contributed by atoms with Crippen LogP contribution in [0.5, 0.6) is 0 Å². The van der Waals surface area contributed by atoms with Gasteiger partial charge < -0.3 is 15.5 Å². The number of aromatic nitrogens is 2. The van der Waals surface area contributed by atoms with Crippen LogP contribution in [0.3, 0.4) is 0 Å². The minimum Gasteiger partial charge on any atom is -0.339 e. The van der Waals surface area contributed by atoms with Crippen LogP contribution in [-0.4, -0.2) is 41.2 Å². The fourth-order valence-corrected chi connectivity index (χ4v) is 2.82. The zero-order valence-electron chi connectivity index (χ0n) is 14.1. The Morgan fingerprint density at radius 3 is 2.79 bits per heavy atom. The number of carbonyl (C=O) groups is 1. The second-order valence-electron chi connectivity index (χ2n) is 6.31. The SMILES string of the molecule is CC(C)NC(=O)NC1CCN(c2nccc(-c3ccccc3)n2)C1. The lowest BCUT2D eigenvalue weighted by atomic mass is 10.1. The predicted molar refractivity (Wildman–Crippen MR) is 94.9 cm³/mol. The second kappa shape index (κ2) is 7.29. The van der Waals surface area contributed by atoms with Crippen LogP contribution in [0.4, 0.5) is 10.7 Å². The first-order valence-corrected chi connectivity index (χ1v) is 8.32. The zero-order valence-corrected chi connectivity index (χ0v) is 14.1. The van der Waals surface area contributed by atoms with E-state index in [2.05, 4.69) is 25.5 Å². The van der Waals surface area contributed by atoms with Gasteiger partial charge in [-0.25, -0.2) is 14.8 Å². The van der Waals surface area contributed by atoms with Gasteiger partial charge in [-0.2, -0.15) is 0 Å². The van der Waals surface area contributed by atoms with E-state index in [4.69, 9.17) is 0 Å². The van der Waals surface area contributed by atoms with Crippen molar-refractivity contribution in [3.63, 3.8) is 0 Å². The van der Waals surface area contributed by atoms with E-state index in [1.54, 1.807) is 6.20 Å². The third-order valence-corrected chi connectivity index (χ3v) is 3.94. The van der Waals surface area contributed by atoms with Crippen LogP contribution in [0, 0.1) is 0 Å². The molecule has 1 aromatic carbocycles. The minimum absolute atomic E-state index is 0.115. The number of amides is 2. The van der Waals surface area contributed by atoms with Crippen LogP contribution in [0.25, 0.3) is 11.3 Å². The van der Waals surface area contributed by atoms with Gasteiger partial charge in [0.25, 0.3) is 0 Å². The van der Waals surface area contributed by atoms with Crippen molar-refractivity contribution in [2.45, 2.75) is 32.4 Å². The van der Waals surface area contributed by atoms with Crippen LogP contribution in [0.2, 0.25) is 0 Å². The molecule has 0 aliphatic carbocycles. The highest BCUT2D eigenvalue weighted by molar-refractivity contribution is 5.74.